The molecule has 1 heterocycles. The third-order valence-electron chi connectivity index (χ3n) is 3.30. The molecule has 0 saturated carbocycles. The lowest BCUT2D eigenvalue weighted by Crippen LogP contribution is -2.04. The monoisotopic (exact) mass is 234 g/mol. The van der Waals surface area contributed by atoms with Crippen molar-refractivity contribution in [2.24, 2.45) is 0 Å². The number of rotatable bonds is 7. The maximum atomic E-state index is 4.59. The second kappa shape index (κ2) is 7.41. The molecule has 0 aliphatic heterocycles. The van der Waals surface area contributed by atoms with Crippen LogP contribution in [0.2, 0.25) is 0 Å². The minimum Gasteiger partial charge on any atom is -0.239 e. The number of aryl methyl sites for hydroxylation is 2. The van der Waals surface area contributed by atoms with Crippen LogP contribution in [-0.2, 0) is 0 Å². The van der Waals surface area contributed by atoms with E-state index in [-0.39, 0.29) is 0 Å². The molecule has 0 radical (unpaired) electrons. The summed E-state index contributed by atoms with van der Waals surface area (Å²) in [5.41, 5.74) is 2.34. The van der Waals surface area contributed by atoms with Crippen molar-refractivity contribution in [3.05, 3.63) is 23.3 Å². The molecule has 17 heavy (non-hydrogen) atoms. The first-order valence-corrected chi connectivity index (χ1v) is 6.99. The molecule has 1 aromatic heterocycles. The van der Waals surface area contributed by atoms with Gasteiger partial charge in [-0.05, 0) is 32.8 Å². The lowest BCUT2D eigenvalue weighted by atomic mass is 9.94. The van der Waals surface area contributed by atoms with Crippen LogP contribution in [0.1, 0.15) is 75.5 Å². The maximum Gasteiger partial charge on any atom is 0.125 e. The van der Waals surface area contributed by atoms with Gasteiger partial charge in [0.1, 0.15) is 5.82 Å². The number of aromatic nitrogens is 2. The predicted octanol–water partition coefficient (Wildman–Crippen LogP) is 4.56. The summed E-state index contributed by atoms with van der Waals surface area (Å²) in [6.07, 6.45) is 7.81. The van der Waals surface area contributed by atoms with Gasteiger partial charge in [-0.1, -0.05) is 39.5 Å². The Hall–Kier alpha value is -0.920. The molecule has 1 aromatic rings. The van der Waals surface area contributed by atoms with Crippen molar-refractivity contribution in [2.45, 2.75) is 72.1 Å². The van der Waals surface area contributed by atoms with Crippen molar-refractivity contribution in [3.63, 3.8) is 0 Å². The van der Waals surface area contributed by atoms with Crippen molar-refractivity contribution < 1.29 is 0 Å². The average molecular weight is 234 g/mol. The van der Waals surface area contributed by atoms with Crippen LogP contribution < -0.4 is 0 Å². The van der Waals surface area contributed by atoms with Crippen molar-refractivity contribution >= 4 is 0 Å². The van der Waals surface area contributed by atoms with Gasteiger partial charge in [-0.15, -0.1) is 0 Å². The zero-order chi connectivity index (χ0) is 12.7. The molecule has 2 heteroatoms. The van der Waals surface area contributed by atoms with Gasteiger partial charge in [0.2, 0.25) is 0 Å². The fourth-order valence-electron chi connectivity index (χ4n) is 2.33. The Morgan fingerprint density at radius 2 is 1.82 bits per heavy atom. The summed E-state index contributed by atoms with van der Waals surface area (Å²) in [7, 11) is 0. The van der Waals surface area contributed by atoms with Gasteiger partial charge in [0.15, 0.2) is 0 Å². The SMILES string of the molecule is CCCCCCC(CC)c1cc(C)nc(C)n1. The molecule has 2 nitrogen and oxygen atoms in total. The quantitative estimate of drug-likeness (QED) is 0.646. The fourth-order valence-corrected chi connectivity index (χ4v) is 2.33. The van der Waals surface area contributed by atoms with E-state index in [0.29, 0.717) is 5.92 Å². The summed E-state index contributed by atoms with van der Waals surface area (Å²) < 4.78 is 0. The van der Waals surface area contributed by atoms with Gasteiger partial charge in [0.25, 0.3) is 0 Å². The van der Waals surface area contributed by atoms with Crippen LogP contribution >= 0.6 is 0 Å². The van der Waals surface area contributed by atoms with Crippen molar-refractivity contribution in [1.29, 1.82) is 0 Å². The lowest BCUT2D eigenvalue weighted by molar-refractivity contribution is 0.531. The molecule has 0 bridgehead atoms. The molecule has 0 saturated heterocycles. The van der Waals surface area contributed by atoms with E-state index in [1.807, 2.05) is 6.92 Å². The third-order valence-corrected chi connectivity index (χ3v) is 3.30. The van der Waals surface area contributed by atoms with Gasteiger partial charge in [-0.3, -0.25) is 0 Å². The molecule has 0 aliphatic carbocycles. The van der Waals surface area contributed by atoms with E-state index < -0.39 is 0 Å². The van der Waals surface area contributed by atoms with Crippen LogP contribution in [0.3, 0.4) is 0 Å². The molecule has 1 rings (SSSR count). The Morgan fingerprint density at radius 1 is 1.06 bits per heavy atom. The molecule has 1 atom stereocenters. The third kappa shape index (κ3) is 4.84. The van der Waals surface area contributed by atoms with Crippen molar-refractivity contribution in [2.75, 3.05) is 0 Å². The van der Waals surface area contributed by atoms with Gasteiger partial charge in [0.05, 0.1) is 0 Å². The van der Waals surface area contributed by atoms with E-state index in [1.165, 1.54) is 44.2 Å². The Kier molecular flexibility index (Phi) is 6.17. The first kappa shape index (κ1) is 14.1. The Bertz CT molecular complexity index is 313. The second-order valence-electron chi connectivity index (χ2n) is 4.94. The standard InChI is InChI=1S/C15H26N2/c1-5-7-8-9-10-14(6-2)15-11-12(3)16-13(4)17-15/h11,14H,5-10H2,1-4H3. The van der Waals surface area contributed by atoms with Crippen LogP contribution in [0.25, 0.3) is 0 Å². The number of hydrogen-bond donors (Lipinski definition) is 0. The highest BCUT2D eigenvalue weighted by atomic mass is 14.9. The van der Waals surface area contributed by atoms with Gasteiger partial charge in [-0.25, -0.2) is 9.97 Å². The summed E-state index contributed by atoms with van der Waals surface area (Å²) in [6.45, 7) is 8.56. The second-order valence-corrected chi connectivity index (χ2v) is 4.94. The smallest absolute Gasteiger partial charge is 0.125 e. The Labute approximate surface area is 106 Å². The van der Waals surface area contributed by atoms with Crippen LogP contribution in [0, 0.1) is 13.8 Å². The summed E-state index contributed by atoms with van der Waals surface area (Å²) >= 11 is 0. The van der Waals surface area contributed by atoms with E-state index >= 15 is 0 Å². The van der Waals surface area contributed by atoms with Gasteiger partial charge in [-0.2, -0.15) is 0 Å². The molecule has 0 amide bonds. The van der Waals surface area contributed by atoms with E-state index in [4.69, 9.17) is 0 Å². The van der Waals surface area contributed by atoms with E-state index in [9.17, 15) is 0 Å². The molecule has 0 fully saturated rings. The first-order valence-electron chi connectivity index (χ1n) is 6.99. The highest BCUT2D eigenvalue weighted by Gasteiger charge is 2.11. The van der Waals surface area contributed by atoms with E-state index in [2.05, 4.69) is 36.8 Å². The largest absolute Gasteiger partial charge is 0.239 e. The maximum absolute atomic E-state index is 4.59. The molecule has 1 unspecified atom stereocenters. The molecule has 0 spiro atoms. The van der Waals surface area contributed by atoms with Crippen LogP contribution in [0.15, 0.2) is 6.07 Å². The summed E-state index contributed by atoms with van der Waals surface area (Å²) in [5, 5.41) is 0. The molecular formula is C15H26N2. The van der Waals surface area contributed by atoms with Crippen molar-refractivity contribution in [3.8, 4) is 0 Å². The normalized spacial score (nSPS) is 12.7. The number of nitrogens with zero attached hydrogens (tertiary/aromatic N) is 2. The van der Waals surface area contributed by atoms with Crippen LogP contribution in [-0.4, -0.2) is 9.97 Å². The van der Waals surface area contributed by atoms with Crippen LogP contribution in [0.4, 0.5) is 0 Å². The summed E-state index contributed by atoms with van der Waals surface area (Å²) in [6, 6.07) is 2.15. The number of hydrogen-bond acceptors (Lipinski definition) is 2. The molecule has 96 valence electrons. The lowest BCUT2D eigenvalue weighted by Gasteiger charge is -2.15. The molecular weight excluding hydrogens is 208 g/mol. The minimum atomic E-state index is 0.618. The molecule has 0 aromatic carbocycles. The zero-order valence-electron chi connectivity index (χ0n) is 11.8. The van der Waals surface area contributed by atoms with E-state index in [1.54, 1.807) is 0 Å². The average Bonchev–Trinajstić information content (AvgIpc) is 2.28. The Morgan fingerprint density at radius 3 is 2.41 bits per heavy atom. The summed E-state index contributed by atoms with van der Waals surface area (Å²) in [5.74, 6) is 1.53. The van der Waals surface area contributed by atoms with E-state index in [0.717, 1.165) is 11.5 Å². The molecule has 0 N–H and O–H groups in total. The topological polar surface area (TPSA) is 25.8 Å². The first-order chi connectivity index (χ1) is 8.17. The number of unbranched alkanes of at least 4 members (excludes halogenated alkanes) is 3. The van der Waals surface area contributed by atoms with Crippen LogP contribution in [0.5, 0.6) is 0 Å². The summed E-state index contributed by atoms with van der Waals surface area (Å²) in [4.78, 5) is 8.94. The minimum absolute atomic E-state index is 0.618. The molecule has 0 aliphatic rings. The highest BCUT2D eigenvalue weighted by Crippen LogP contribution is 2.24. The predicted molar refractivity (Wildman–Crippen MR) is 73.3 cm³/mol. The fraction of sp³-hybridized carbons (Fsp3) is 0.733. The van der Waals surface area contributed by atoms with Gasteiger partial charge in [0, 0.05) is 17.3 Å². The van der Waals surface area contributed by atoms with Gasteiger partial charge >= 0.3 is 0 Å². The highest BCUT2D eigenvalue weighted by molar-refractivity contribution is 5.13. The van der Waals surface area contributed by atoms with Gasteiger partial charge < -0.3 is 0 Å². The van der Waals surface area contributed by atoms with Crippen molar-refractivity contribution in [1.82, 2.24) is 9.97 Å². The Balaban J connectivity index is 2.59. The zero-order valence-corrected chi connectivity index (χ0v) is 11.8.